The van der Waals surface area contributed by atoms with Gasteiger partial charge in [-0.3, -0.25) is 25.0 Å². The highest BCUT2D eigenvalue weighted by Gasteiger charge is 2.44. The molecule has 0 aliphatic heterocycles. The fraction of sp³-hybridized carbons (Fsp3) is 0.500. The van der Waals surface area contributed by atoms with E-state index in [0.29, 0.717) is 6.08 Å². The normalized spacial score (nSPS) is 24.8. The van der Waals surface area contributed by atoms with Crippen molar-refractivity contribution in [1.29, 1.82) is 0 Å². The average molecular weight is 449 g/mol. The second-order valence-corrected chi connectivity index (χ2v) is 7.34. The maximum absolute atomic E-state index is 14.0. The molecule has 0 radical (unpaired) electrons. The third kappa shape index (κ3) is 5.47. The summed E-state index contributed by atoms with van der Waals surface area (Å²) in [6.07, 6.45) is -2.03. The molecule has 9 nitrogen and oxygen atoms in total. The Kier molecular flexibility index (Phi) is 6.86. The van der Waals surface area contributed by atoms with E-state index in [1.54, 1.807) is 0 Å². The number of alkyl halides is 3. The fourth-order valence-corrected chi connectivity index (χ4v) is 2.85. The van der Waals surface area contributed by atoms with Crippen molar-refractivity contribution < 1.29 is 36.9 Å². The van der Waals surface area contributed by atoms with Gasteiger partial charge in [0.2, 0.25) is 5.91 Å². The molecule has 1 amide bonds. The third-order valence-corrected chi connectivity index (χ3v) is 4.92. The largest absolute Gasteiger partial charge is 0.493 e. The zero-order valence-corrected chi connectivity index (χ0v) is 16.4. The maximum atomic E-state index is 14.0. The molecule has 0 saturated heterocycles. The SMILES string of the molecule is C[C@H](COC1=CCC(C)([N+](=O)[O-])C(F)=C1)C(=O)NC1C=CC([N+](=O)[O-])=C(C(F)(F)F)C1. The van der Waals surface area contributed by atoms with Crippen molar-refractivity contribution in [2.24, 2.45) is 5.92 Å². The molecular weight excluding hydrogens is 430 g/mol. The smallest absolute Gasteiger partial charge is 0.419 e. The van der Waals surface area contributed by atoms with Gasteiger partial charge < -0.3 is 10.1 Å². The molecule has 0 spiro atoms. The number of carbonyl (C=O) groups is 1. The Morgan fingerprint density at radius 3 is 2.55 bits per heavy atom. The lowest BCUT2D eigenvalue weighted by atomic mass is 9.92. The first-order chi connectivity index (χ1) is 14.3. The molecular formula is C18H19F4N3O6. The van der Waals surface area contributed by atoms with Crippen molar-refractivity contribution >= 4 is 5.91 Å². The monoisotopic (exact) mass is 449 g/mol. The van der Waals surface area contributed by atoms with E-state index in [9.17, 15) is 42.6 Å². The Balaban J connectivity index is 1.94. The number of nitro groups is 2. The minimum atomic E-state index is -4.92. The van der Waals surface area contributed by atoms with Gasteiger partial charge in [0.05, 0.1) is 23.5 Å². The number of nitrogens with zero attached hydrogens (tertiary/aromatic N) is 2. The van der Waals surface area contributed by atoms with Crippen molar-refractivity contribution in [3.05, 3.63) is 67.4 Å². The van der Waals surface area contributed by atoms with Crippen LogP contribution in [0.25, 0.3) is 0 Å². The van der Waals surface area contributed by atoms with Crippen molar-refractivity contribution in [3.8, 4) is 0 Å². The molecule has 0 aromatic heterocycles. The minimum absolute atomic E-state index is 0.00745. The van der Waals surface area contributed by atoms with Gasteiger partial charge in [-0.15, -0.1) is 0 Å². The molecule has 0 fully saturated rings. The molecule has 31 heavy (non-hydrogen) atoms. The highest BCUT2D eigenvalue weighted by atomic mass is 19.4. The molecule has 13 heteroatoms. The van der Waals surface area contributed by atoms with E-state index < -0.39 is 62.9 Å². The molecule has 2 aliphatic rings. The van der Waals surface area contributed by atoms with E-state index in [1.165, 1.54) is 13.0 Å². The molecule has 0 aromatic rings. The number of hydrogen-bond acceptors (Lipinski definition) is 6. The van der Waals surface area contributed by atoms with Crippen molar-refractivity contribution in [3.63, 3.8) is 0 Å². The van der Waals surface area contributed by atoms with Gasteiger partial charge in [0.25, 0.3) is 11.2 Å². The Morgan fingerprint density at radius 2 is 2.03 bits per heavy atom. The molecule has 0 saturated carbocycles. The quantitative estimate of drug-likeness (QED) is 0.361. The van der Waals surface area contributed by atoms with Crippen LogP contribution < -0.4 is 5.32 Å². The predicted molar refractivity (Wildman–Crippen MR) is 98.2 cm³/mol. The summed E-state index contributed by atoms with van der Waals surface area (Å²) in [6.45, 7) is 2.26. The Hall–Kier alpha value is -3.25. The third-order valence-electron chi connectivity index (χ3n) is 4.92. The number of hydrogen-bond donors (Lipinski definition) is 1. The number of halogens is 4. The van der Waals surface area contributed by atoms with Gasteiger partial charge in [-0.05, 0) is 6.08 Å². The van der Waals surface area contributed by atoms with Crippen LogP contribution in [0.3, 0.4) is 0 Å². The van der Waals surface area contributed by atoms with Crippen LogP contribution in [0.5, 0.6) is 0 Å². The van der Waals surface area contributed by atoms with Crippen molar-refractivity contribution in [1.82, 2.24) is 5.32 Å². The van der Waals surface area contributed by atoms with Crippen LogP contribution in [-0.2, 0) is 9.53 Å². The van der Waals surface area contributed by atoms with Gasteiger partial charge in [0.15, 0.2) is 5.83 Å². The summed E-state index contributed by atoms with van der Waals surface area (Å²) in [5, 5.41) is 24.1. The highest BCUT2D eigenvalue weighted by molar-refractivity contribution is 5.79. The molecule has 2 unspecified atom stereocenters. The first-order valence-corrected chi connectivity index (χ1v) is 9.04. The Labute approximate surface area is 173 Å². The Bertz CT molecular complexity index is 908. The van der Waals surface area contributed by atoms with Crippen LogP contribution in [0.15, 0.2) is 47.2 Å². The standard InChI is InChI=1S/C18H19F4N3O6/c1-10(9-31-12-5-6-17(2,25(29)30)15(19)8-12)16(26)23-11-3-4-14(24(27)28)13(7-11)18(20,21)22/h3-5,8,10-11H,6-7,9H2,1-2H3,(H,23,26)/t10-,11?,17?/m1/s1. The summed E-state index contributed by atoms with van der Waals surface area (Å²) in [4.78, 5) is 32.1. The van der Waals surface area contributed by atoms with E-state index in [0.717, 1.165) is 19.1 Å². The van der Waals surface area contributed by atoms with E-state index in [4.69, 9.17) is 4.74 Å². The lowest BCUT2D eigenvalue weighted by Crippen LogP contribution is -2.41. The highest BCUT2D eigenvalue weighted by Crippen LogP contribution is 2.35. The minimum Gasteiger partial charge on any atom is -0.493 e. The van der Waals surface area contributed by atoms with E-state index in [2.05, 4.69) is 5.32 Å². The summed E-state index contributed by atoms with van der Waals surface area (Å²) < 4.78 is 58.5. The molecule has 3 atom stereocenters. The first-order valence-electron chi connectivity index (χ1n) is 9.04. The van der Waals surface area contributed by atoms with Crippen molar-refractivity contribution in [2.75, 3.05) is 6.61 Å². The summed E-state index contributed by atoms with van der Waals surface area (Å²) in [5.74, 6) is -2.57. The molecule has 2 rings (SSSR count). The zero-order chi connectivity index (χ0) is 23.6. The summed E-state index contributed by atoms with van der Waals surface area (Å²) in [6, 6.07) is -1.11. The first kappa shape index (κ1) is 24.0. The van der Waals surface area contributed by atoms with Gasteiger partial charge in [-0.25, -0.2) is 4.39 Å². The fourth-order valence-electron chi connectivity index (χ4n) is 2.85. The molecule has 0 bridgehead atoms. The summed E-state index contributed by atoms with van der Waals surface area (Å²) in [7, 11) is 0. The summed E-state index contributed by atoms with van der Waals surface area (Å²) in [5.41, 5.74) is -4.32. The predicted octanol–water partition coefficient (Wildman–Crippen LogP) is 3.35. The van der Waals surface area contributed by atoms with Crippen molar-refractivity contribution in [2.45, 2.75) is 44.4 Å². The van der Waals surface area contributed by atoms with Crippen LogP contribution in [0.2, 0.25) is 0 Å². The topological polar surface area (TPSA) is 125 Å². The lowest BCUT2D eigenvalue weighted by molar-refractivity contribution is -0.556. The van der Waals surface area contributed by atoms with Gasteiger partial charge in [-0.2, -0.15) is 13.2 Å². The number of allylic oxidation sites excluding steroid dienone is 2. The van der Waals surface area contributed by atoms with Crippen LogP contribution in [-0.4, -0.2) is 40.1 Å². The van der Waals surface area contributed by atoms with Crippen LogP contribution in [0.4, 0.5) is 17.6 Å². The molecule has 2 aliphatic carbocycles. The number of rotatable bonds is 7. The van der Waals surface area contributed by atoms with Crippen LogP contribution in [0, 0.1) is 26.1 Å². The number of ether oxygens (including phenoxy) is 1. The van der Waals surface area contributed by atoms with Crippen LogP contribution >= 0.6 is 0 Å². The second-order valence-electron chi connectivity index (χ2n) is 7.34. The van der Waals surface area contributed by atoms with Gasteiger partial charge in [-0.1, -0.05) is 13.0 Å². The van der Waals surface area contributed by atoms with Gasteiger partial charge in [0.1, 0.15) is 11.3 Å². The number of carbonyl (C=O) groups excluding carboxylic acids is 1. The average Bonchev–Trinajstić information content (AvgIpc) is 2.67. The van der Waals surface area contributed by atoms with E-state index in [1.807, 2.05) is 0 Å². The maximum Gasteiger partial charge on any atom is 0.419 e. The second kappa shape index (κ2) is 8.86. The molecule has 0 heterocycles. The van der Waals surface area contributed by atoms with Gasteiger partial charge in [0, 0.05) is 36.8 Å². The molecule has 0 aromatic carbocycles. The summed E-state index contributed by atoms with van der Waals surface area (Å²) >= 11 is 0. The number of nitrogens with one attached hydrogen (secondary N) is 1. The van der Waals surface area contributed by atoms with E-state index in [-0.39, 0.29) is 18.8 Å². The number of amides is 1. The molecule has 1 N–H and O–H groups in total. The Morgan fingerprint density at radius 1 is 1.39 bits per heavy atom. The van der Waals surface area contributed by atoms with Gasteiger partial charge >= 0.3 is 6.18 Å². The molecule has 170 valence electrons. The van der Waals surface area contributed by atoms with Crippen LogP contribution in [0.1, 0.15) is 26.7 Å². The van der Waals surface area contributed by atoms with E-state index >= 15 is 0 Å². The lowest BCUT2D eigenvalue weighted by Gasteiger charge is -2.24. The zero-order valence-electron chi connectivity index (χ0n) is 16.4.